The number of nitrogens with one attached hydrogen (secondary N) is 2. The van der Waals surface area contributed by atoms with E-state index >= 15 is 0 Å². The number of carbonyl (C=O) groups is 2. The van der Waals surface area contributed by atoms with Crippen molar-refractivity contribution in [2.45, 2.75) is 50.5 Å². The first-order valence-corrected chi connectivity index (χ1v) is 9.79. The summed E-state index contributed by atoms with van der Waals surface area (Å²) in [4.78, 5) is 26.5. The number of carbonyl (C=O) groups excluding carboxylic acids is 2. The first kappa shape index (κ1) is 20.7. The summed E-state index contributed by atoms with van der Waals surface area (Å²) in [5.74, 6) is -0.213. The summed E-state index contributed by atoms with van der Waals surface area (Å²) < 4.78 is 0. The van der Waals surface area contributed by atoms with Gasteiger partial charge in [0.15, 0.2) is 0 Å². The standard InChI is InChI=1S/C20H30ClN3O2/c1-24(2)20(12-5-3-4-6-13-20)15-23-18(25)11-14-22-19(26)16-7-9-17(21)10-8-16/h7-10H,3-6,11-15H2,1-2H3,(H,22,26)(H,23,25). The van der Waals surface area contributed by atoms with Crippen molar-refractivity contribution in [2.24, 2.45) is 0 Å². The molecule has 1 aliphatic carbocycles. The molecule has 0 saturated heterocycles. The van der Waals surface area contributed by atoms with Crippen LogP contribution in [0.3, 0.4) is 0 Å². The smallest absolute Gasteiger partial charge is 0.251 e. The SMILES string of the molecule is CN(C)C1(CNC(=O)CCNC(=O)c2ccc(Cl)cc2)CCCCCC1. The molecule has 2 amide bonds. The molecule has 0 aliphatic heterocycles. The maximum Gasteiger partial charge on any atom is 0.251 e. The van der Waals surface area contributed by atoms with E-state index in [2.05, 4.69) is 29.6 Å². The summed E-state index contributed by atoms with van der Waals surface area (Å²) in [5, 5.41) is 6.44. The Hall–Kier alpha value is -1.59. The molecule has 1 aliphatic rings. The number of likely N-dealkylation sites (N-methyl/N-ethyl adjacent to an activating group) is 1. The third kappa shape index (κ3) is 5.99. The number of rotatable bonds is 7. The largest absolute Gasteiger partial charge is 0.354 e. The van der Waals surface area contributed by atoms with Crippen LogP contribution in [-0.2, 0) is 4.79 Å². The predicted molar refractivity (Wildman–Crippen MR) is 106 cm³/mol. The second-order valence-corrected chi connectivity index (χ2v) is 7.76. The van der Waals surface area contributed by atoms with Crippen LogP contribution >= 0.6 is 11.6 Å². The molecule has 6 heteroatoms. The minimum atomic E-state index is -0.192. The number of halogens is 1. The van der Waals surface area contributed by atoms with E-state index < -0.39 is 0 Å². The van der Waals surface area contributed by atoms with Gasteiger partial charge in [0, 0.05) is 35.6 Å². The van der Waals surface area contributed by atoms with Gasteiger partial charge in [-0.05, 0) is 51.2 Å². The van der Waals surface area contributed by atoms with Crippen molar-refractivity contribution in [3.8, 4) is 0 Å². The van der Waals surface area contributed by atoms with Crippen LogP contribution in [0.4, 0.5) is 0 Å². The summed E-state index contributed by atoms with van der Waals surface area (Å²) in [6.07, 6.45) is 7.50. The van der Waals surface area contributed by atoms with Crippen LogP contribution in [0.5, 0.6) is 0 Å². The minimum Gasteiger partial charge on any atom is -0.354 e. The fourth-order valence-corrected chi connectivity index (χ4v) is 3.64. The van der Waals surface area contributed by atoms with Gasteiger partial charge in [-0.15, -0.1) is 0 Å². The summed E-state index contributed by atoms with van der Waals surface area (Å²) in [5.41, 5.74) is 0.596. The van der Waals surface area contributed by atoms with E-state index in [4.69, 9.17) is 11.6 Å². The molecule has 0 spiro atoms. The lowest BCUT2D eigenvalue weighted by atomic mass is 9.88. The third-order valence-corrected chi connectivity index (χ3v) is 5.59. The molecule has 0 bridgehead atoms. The van der Waals surface area contributed by atoms with Crippen molar-refractivity contribution in [1.29, 1.82) is 0 Å². The van der Waals surface area contributed by atoms with Gasteiger partial charge in [-0.1, -0.05) is 37.3 Å². The second kappa shape index (κ2) is 9.93. The van der Waals surface area contributed by atoms with E-state index in [9.17, 15) is 9.59 Å². The van der Waals surface area contributed by atoms with Crippen molar-refractivity contribution in [3.63, 3.8) is 0 Å². The highest BCUT2D eigenvalue weighted by Crippen LogP contribution is 2.30. The molecule has 0 heterocycles. The van der Waals surface area contributed by atoms with Gasteiger partial charge in [0.05, 0.1) is 0 Å². The minimum absolute atomic E-state index is 0.0214. The van der Waals surface area contributed by atoms with Gasteiger partial charge in [0.1, 0.15) is 0 Å². The molecule has 144 valence electrons. The Bertz CT molecular complexity index is 594. The van der Waals surface area contributed by atoms with Gasteiger partial charge in [-0.2, -0.15) is 0 Å². The molecule has 1 fully saturated rings. The van der Waals surface area contributed by atoms with Crippen molar-refractivity contribution in [3.05, 3.63) is 34.9 Å². The molecule has 26 heavy (non-hydrogen) atoms. The van der Waals surface area contributed by atoms with E-state index in [1.54, 1.807) is 24.3 Å². The van der Waals surface area contributed by atoms with Crippen LogP contribution in [0.25, 0.3) is 0 Å². The van der Waals surface area contributed by atoms with Crippen molar-refractivity contribution >= 4 is 23.4 Å². The molecule has 0 unspecified atom stereocenters. The lowest BCUT2D eigenvalue weighted by Gasteiger charge is -2.39. The number of amides is 2. The van der Waals surface area contributed by atoms with E-state index in [0.717, 1.165) is 12.8 Å². The zero-order valence-electron chi connectivity index (χ0n) is 15.8. The molecule has 0 atom stereocenters. The second-order valence-electron chi connectivity index (χ2n) is 7.32. The summed E-state index contributed by atoms with van der Waals surface area (Å²) in [6, 6.07) is 6.70. The average Bonchev–Trinajstić information content (AvgIpc) is 2.87. The van der Waals surface area contributed by atoms with Gasteiger partial charge in [-0.3, -0.25) is 9.59 Å². The zero-order chi connectivity index (χ0) is 19.0. The number of hydrogen-bond acceptors (Lipinski definition) is 3. The molecular formula is C20H30ClN3O2. The Morgan fingerprint density at radius 1 is 1.04 bits per heavy atom. The summed E-state index contributed by atoms with van der Waals surface area (Å²) in [7, 11) is 4.20. The molecule has 0 aromatic heterocycles. The van der Waals surface area contributed by atoms with Crippen LogP contribution in [0.2, 0.25) is 5.02 Å². The topological polar surface area (TPSA) is 61.4 Å². The molecule has 5 nitrogen and oxygen atoms in total. The number of nitrogens with zero attached hydrogens (tertiary/aromatic N) is 1. The quantitative estimate of drug-likeness (QED) is 0.715. The molecule has 1 aromatic rings. The van der Waals surface area contributed by atoms with Crippen molar-refractivity contribution in [2.75, 3.05) is 27.2 Å². The highest BCUT2D eigenvalue weighted by Gasteiger charge is 2.33. The van der Waals surface area contributed by atoms with Crippen molar-refractivity contribution < 1.29 is 9.59 Å². The Labute approximate surface area is 161 Å². The number of benzene rings is 1. The lowest BCUT2D eigenvalue weighted by molar-refractivity contribution is -0.121. The maximum absolute atomic E-state index is 12.2. The molecule has 0 radical (unpaired) electrons. The van der Waals surface area contributed by atoms with Crippen LogP contribution in [0, 0.1) is 0 Å². The third-order valence-electron chi connectivity index (χ3n) is 5.34. The summed E-state index contributed by atoms with van der Waals surface area (Å²) >= 11 is 5.82. The van der Waals surface area contributed by atoms with Gasteiger partial charge in [0.25, 0.3) is 5.91 Å². The average molecular weight is 380 g/mol. The Kier molecular flexibility index (Phi) is 7.91. The Balaban J connectivity index is 1.75. The van der Waals surface area contributed by atoms with Crippen LogP contribution < -0.4 is 10.6 Å². The van der Waals surface area contributed by atoms with Gasteiger partial charge < -0.3 is 15.5 Å². The fourth-order valence-electron chi connectivity index (χ4n) is 3.51. The van der Waals surface area contributed by atoms with Gasteiger partial charge >= 0.3 is 0 Å². The van der Waals surface area contributed by atoms with E-state index in [-0.39, 0.29) is 23.8 Å². The monoisotopic (exact) mass is 379 g/mol. The predicted octanol–water partition coefficient (Wildman–Crippen LogP) is 3.23. The lowest BCUT2D eigenvalue weighted by Crippen LogP contribution is -2.52. The highest BCUT2D eigenvalue weighted by molar-refractivity contribution is 6.30. The normalized spacial score (nSPS) is 16.8. The van der Waals surface area contributed by atoms with Crippen molar-refractivity contribution in [1.82, 2.24) is 15.5 Å². The number of hydrogen-bond donors (Lipinski definition) is 2. The van der Waals surface area contributed by atoms with Crippen LogP contribution in [0.15, 0.2) is 24.3 Å². The zero-order valence-corrected chi connectivity index (χ0v) is 16.6. The van der Waals surface area contributed by atoms with Crippen LogP contribution in [-0.4, -0.2) is 49.4 Å². The fraction of sp³-hybridized carbons (Fsp3) is 0.600. The van der Waals surface area contributed by atoms with Gasteiger partial charge in [0.2, 0.25) is 5.91 Å². The first-order chi connectivity index (χ1) is 12.4. The molecule has 2 rings (SSSR count). The Morgan fingerprint density at radius 3 is 2.23 bits per heavy atom. The highest BCUT2D eigenvalue weighted by atomic mass is 35.5. The van der Waals surface area contributed by atoms with E-state index in [1.807, 2.05) is 0 Å². The van der Waals surface area contributed by atoms with Gasteiger partial charge in [-0.25, -0.2) is 0 Å². The first-order valence-electron chi connectivity index (χ1n) is 9.41. The molecular weight excluding hydrogens is 350 g/mol. The van der Waals surface area contributed by atoms with E-state index in [1.165, 1.54) is 25.7 Å². The van der Waals surface area contributed by atoms with Crippen LogP contribution in [0.1, 0.15) is 55.3 Å². The Morgan fingerprint density at radius 2 is 1.65 bits per heavy atom. The molecule has 1 aromatic carbocycles. The van der Waals surface area contributed by atoms with E-state index in [0.29, 0.717) is 23.7 Å². The molecule has 2 N–H and O–H groups in total. The summed E-state index contributed by atoms with van der Waals surface area (Å²) in [6.45, 7) is 0.992. The molecule has 1 saturated carbocycles. The maximum atomic E-state index is 12.2.